The SMILES string of the molecule is O=C(NC(=S)N1CCN(Cc2ccccc2)CC1)c1ccc(S(=O)(=O)N2CCOCC2)cc1. The van der Waals surface area contributed by atoms with Crippen molar-refractivity contribution in [2.24, 2.45) is 0 Å². The smallest absolute Gasteiger partial charge is 0.257 e. The predicted molar refractivity (Wildman–Crippen MR) is 129 cm³/mol. The van der Waals surface area contributed by atoms with Crippen LogP contribution < -0.4 is 5.32 Å². The molecule has 176 valence electrons. The van der Waals surface area contributed by atoms with Gasteiger partial charge in [-0.25, -0.2) is 8.42 Å². The number of rotatable bonds is 5. The Labute approximate surface area is 200 Å². The molecule has 2 aliphatic rings. The molecule has 0 unspecified atom stereocenters. The molecule has 0 bridgehead atoms. The Morgan fingerprint density at radius 2 is 1.55 bits per heavy atom. The van der Waals surface area contributed by atoms with Gasteiger partial charge >= 0.3 is 0 Å². The highest BCUT2D eigenvalue weighted by Crippen LogP contribution is 2.18. The normalized spacial score (nSPS) is 18.1. The van der Waals surface area contributed by atoms with Gasteiger partial charge in [-0.05, 0) is 42.0 Å². The second-order valence-corrected chi connectivity index (χ2v) is 10.4. The van der Waals surface area contributed by atoms with Crippen molar-refractivity contribution in [3.8, 4) is 0 Å². The van der Waals surface area contributed by atoms with E-state index >= 15 is 0 Å². The molecule has 8 nitrogen and oxygen atoms in total. The first kappa shape index (κ1) is 23.8. The molecule has 1 N–H and O–H groups in total. The molecule has 2 saturated heterocycles. The quantitative estimate of drug-likeness (QED) is 0.640. The molecule has 2 heterocycles. The van der Waals surface area contributed by atoms with Gasteiger partial charge in [-0.15, -0.1) is 0 Å². The van der Waals surface area contributed by atoms with Crippen LogP contribution in [0, 0.1) is 0 Å². The number of ether oxygens (including phenoxy) is 1. The van der Waals surface area contributed by atoms with Crippen LogP contribution in [0.2, 0.25) is 0 Å². The van der Waals surface area contributed by atoms with E-state index in [1.54, 1.807) is 0 Å². The zero-order valence-electron chi connectivity index (χ0n) is 18.4. The van der Waals surface area contributed by atoms with E-state index in [2.05, 4.69) is 22.3 Å². The monoisotopic (exact) mass is 488 g/mol. The van der Waals surface area contributed by atoms with Gasteiger partial charge in [0.15, 0.2) is 5.11 Å². The van der Waals surface area contributed by atoms with Crippen LogP contribution in [-0.2, 0) is 21.3 Å². The highest BCUT2D eigenvalue weighted by atomic mass is 32.2. The average molecular weight is 489 g/mol. The summed E-state index contributed by atoms with van der Waals surface area (Å²) in [5.41, 5.74) is 1.64. The topological polar surface area (TPSA) is 82.2 Å². The van der Waals surface area contributed by atoms with Crippen molar-refractivity contribution in [3.05, 3.63) is 65.7 Å². The number of amides is 1. The lowest BCUT2D eigenvalue weighted by Crippen LogP contribution is -2.52. The van der Waals surface area contributed by atoms with Crippen molar-refractivity contribution in [3.63, 3.8) is 0 Å². The number of carbonyl (C=O) groups is 1. The van der Waals surface area contributed by atoms with E-state index in [1.807, 2.05) is 23.1 Å². The van der Waals surface area contributed by atoms with Crippen LogP contribution >= 0.6 is 12.2 Å². The van der Waals surface area contributed by atoms with Gasteiger partial charge in [-0.3, -0.25) is 15.0 Å². The van der Waals surface area contributed by atoms with Gasteiger partial charge < -0.3 is 9.64 Å². The first-order valence-corrected chi connectivity index (χ1v) is 12.8. The summed E-state index contributed by atoms with van der Waals surface area (Å²) in [4.78, 5) is 17.2. The zero-order valence-corrected chi connectivity index (χ0v) is 20.0. The minimum atomic E-state index is -3.59. The molecule has 1 amide bonds. The minimum absolute atomic E-state index is 0.165. The molecule has 2 aromatic carbocycles. The molecule has 2 fully saturated rings. The van der Waals surface area contributed by atoms with Gasteiger partial charge in [-0.1, -0.05) is 30.3 Å². The summed E-state index contributed by atoms with van der Waals surface area (Å²) in [6.07, 6.45) is 0. The van der Waals surface area contributed by atoms with Crippen LogP contribution in [0.1, 0.15) is 15.9 Å². The standard InChI is InChI=1S/C23H28N4O4S2/c28-22(20-6-8-21(9-7-20)33(29,30)27-14-16-31-17-15-27)24-23(32)26-12-10-25(11-13-26)18-19-4-2-1-3-5-19/h1-9H,10-18H2,(H,24,28,32). The van der Waals surface area contributed by atoms with Crippen LogP contribution in [0.25, 0.3) is 0 Å². The number of morpholine rings is 1. The number of sulfonamides is 1. The lowest BCUT2D eigenvalue weighted by molar-refractivity contribution is 0.0730. The largest absolute Gasteiger partial charge is 0.379 e. The first-order chi connectivity index (χ1) is 15.9. The lowest BCUT2D eigenvalue weighted by atomic mass is 10.2. The molecule has 0 spiro atoms. The van der Waals surface area contributed by atoms with Gasteiger partial charge in [0, 0.05) is 51.4 Å². The zero-order chi connectivity index (χ0) is 23.3. The molecule has 4 rings (SSSR count). The molecule has 2 aromatic rings. The summed E-state index contributed by atoms with van der Waals surface area (Å²) < 4.78 is 32.1. The fraction of sp³-hybridized carbons (Fsp3) is 0.391. The highest BCUT2D eigenvalue weighted by molar-refractivity contribution is 7.89. The molecule has 0 saturated carbocycles. The Balaban J connectivity index is 1.29. The van der Waals surface area contributed by atoms with Crippen molar-refractivity contribution < 1.29 is 17.9 Å². The molecule has 2 aliphatic heterocycles. The van der Waals surface area contributed by atoms with Crippen LogP contribution in [0.5, 0.6) is 0 Å². The number of benzene rings is 2. The number of piperazine rings is 1. The van der Waals surface area contributed by atoms with Crippen molar-refractivity contribution in [1.82, 2.24) is 19.4 Å². The summed E-state index contributed by atoms with van der Waals surface area (Å²) in [6, 6.07) is 16.3. The minimum Gasteiger partial charge on any atom is -0.379 e. The third-order valence-corrected chi connectivity index (χ3v) is 8.13. The van der Waals surface area contributed by atoms with Gasteiger partial charge in [0.2, 0.25) is 10.0 Å². The van der Waals surface area contributed by atoms with Crippen LogP contribution in [-0.4, -0.2) is 86.0 Å². The summed E-state index contributed by atoms with van der Waals surface area (Å²) in [5.74, 6) is -0.345. The second kappa shape index (κ2) is 10.7. The number of hydrogen-bond acceptors (Lipinski definition) is 6. The van der Waals surface area contributed by atoms with E-state index < -0.39 is 10.0 Å². The first-order valence-electron chi connectivity index (χ1n) is 11.0. The molecule has 0 aromatic heterocycles. The maximum Gasteiger partial charge on any atom is 0.257 e. The summed E-state index contributed by atoms with van der Waals surface area (Å²) >= 11 is 5.45. The van der Waals surface area contributed by atoms with Gasteiger partial charge in [-0.2, -0.15) is 4.31 Å². The number of nitrogens with zero attached hydrogens (tertiary/aromatic N) is 3. The molecule has 0 atom stereocenters. The second-order valence-electron chi connectivity index (χ2n) is 8.05. The van der Waals surface area contributed by atoms with Gasteiger partial charge in [0.1, 0.15) is 0 Å². The van der Waals surface area contributed by atoms with Crippen LogP contribution in [0.3, 0.4) is 0 Å². The lowest BCUT2D eigenvalue weighted by Gasteiger charge is -2.36. The summed E-state index contributed by atoms with van der Waals surface area (Å²) in [6.45, 7) is 5.53. The van der Waals surface area contributed by atoms with Crippen molar-refractivity contribution in [2.75, 3.05) is 52.5 Å². The summed E-state index contributed by atoms with van der Waals surface area (Å²) in [7, 11) is -3.59. The van der Waals surface area contributed by atoms with Crippen molar-refractivity contribution in [2.45, 2.75) is 11.4 Å². The van der Waals surface area contributed by atoms with Crippen molar-refractivity contribution >= 4 is 33.3 Å². The average Bonchev–Trinajstić information content (AvgIpc) is 2.85. The Morgan fingerprint density at radius 1 is 0.909 bits per heavy atom. The number of carbonyl (C=O) groups excluding carboxylic acids is 1. The molecular weight excluding hydrogens is 460 g/mol. The number of nitrogens with one attached hydrogen (secondary N) is 1. The van der Waals surface area contributed by atoms with Crippen molar-refractivity contribution in [1.29, 1.82) is 0 Å². The molecular formula is C23H28N4O4S2. The summed E-state index contributed by atoms with van der Waals surface area (Å²) in [5, 5.41) is 3.17. The third kappa shape index (κ3) is 5.96. The fourth-order valence-electron chi connectivity index (χ4n) is 3.91. The Kier molecular flexibility index (Phi) is 7.71. The molecule has 0 aliphatic carbocycles. The van der Waals surface area contributed by atoms with Gasteiger partial charge in [0.25, 0.3) is 5.91 Å². The third-order valence-electron chi connectivity index (χ3n) is 5.85. The highest BCUT2D eigenvalue weighted by Gasteiger charge is 2.26. The van der Waals surface area contributed by atoms with E-state index in [0.29, 0.717) is 37.0 Å². The molecule has 10 heteroatoms. The predicted octanol–water partition coefficient (Wildman–Crippen LogP) is 1.54. The Hall–Kier alpha value is -2.37. The Morgan fingerprint density at radius 3 is 2.18 bits per heavy atom. The fourth-order valence-corrected chi connectivity index (χ4v) is 5.60. The number of thiocarbonyl (C=S) groups is 1. The van der Waals surface area contributed by atoms with E-state index in [4.69, 9.17) is 17.0 Å². The maximum absolute atomic E-state index is 12.7. The van der Waals surface area contributed by atoms with Gasteiger partial charge in [0.05, 0.1) is 18.1 Å². The van der Waals surface area contributed by atoms with E-state index in [-0.39, 0.29) is 10.8 Å². The van der Waals surface area contributed by atoms with Crippen LogP contribution in [0.15, 0.2) is 59.5 Å². The van der Waals surface area contributed by atoms with Crippen LogP contribution in [0.4, 0.5) is 0 Å². The van der Waals surface area contributed by atoms with E-state index in [9.17, 15) is 13.2 Å². The van der Waals surface area contributed by atoms with E-state index in [0.717, 1.165) is 32.7 Å². The molecule has 33 heavy (non-hydrogen) atoms. The Bertz CT molecular complexity index is 1060. The number of hydrogen-bond donors (Lipinski definition) is 1. The maximum atomic E-state index is 12.7. The van der Waals surface area contributed by atoms with E-state index in [1.165, 1.54) is 34.1 Å². The molecule has 0 radical (unpaired) electrons.